The molecule has 4 rings (SSSR count). The summed E-state index contributed by atoms with van der Waals surface area (Å²) >= 11 is 2.82. The van der Waals surface area contributed by atoms with Crippen molar-refractivity contribution in [2.75, 3.05) is 7.11 Å². The van der Waals surface area contributed by atoms with E-state index in [9.17, 15) is 19.2 Å². The normalized spacial score (nSPS) is 10.5. The number of amides is 2. The topological polar surface area (TPSA) is 122 Å². The zero-order valence-electron chi connectivity index (χ0n) is 23.4. The van der Waals surface area contributed by atoms with Crippen LogP contribution in [0.15, 0.2) is 72.8 Å². The Balaban J connectivity index is 0.000000226. The lowest BCUT2D eigenvalue weighted by molar-refractivity contribution is 0.0599. The minimum absolute atomic E-state index is 0.0626. The Morgan fingerprint density at radius 3 is 1.37 bits per heavy atom. The fourth-order valence-electron chi connectivity index (χ4n) is 3.56. The molecule has 0 aliphatic carbocycles. The number of methoxy groups -OCH3 is 1. The maximum atomic E-state index is 11.9. The summed E-state index contributed by atoms with van der Waals surface area (Å²) in [5, 5.41) is 14.6. The molecule has 0 fully saturated rings. The van der Waals surface area contributed by atoms with Crippen LogP contribution in [0.3, 0.4) is 0 Å². The highest BCUT2D eigenvalue weighted by molar-refractivity contribution is 7.17. The number of carboxylic acids is 1. The van der Waals surface area contributed by atoms with Crippen LogP contribution in [0.25, 0.3) is 20.9 Å². The number of rotatable bonds is 8. The van der Waals surface area contributed by atoms with Gasteiger partial charge in [0, 0.05) is 21.8 Å². The Hall–Kier alpha value is -4.28. The van der Waals surface area contributed by atoms with Gasteiger partial charge in [-0.3, -0.25) is 9.59 Å². The molecule has 0 aliphatic rings. The maximum Gasteiger partial charge on any atom is 0.337 e. The molecule has 0 bridgehead atoms. The van der Waals surface area contributed by atoms with E-state index in [1.165, 1.54) is 29.8 Å². The van der Waals surface area contributed by atoms with Gasteiger partial charge in [-0.15, -0.1) is 22.7 Å². The highest BCUT2D eigenvalue weighted by Crippen LogP contribution is 2.29. The highest BCUT2D eigenvalue weighted by atomic mass is 32.1. The first-order chi connectivity index (χ1) is 19.5. The average molecular weight is 593 g/mol. The van der Waals surface area contributed by atoms with Crippen LogP contribution >= 0.6 is 22.7 Å². The van der Waals surface area contributed by atoms with Crippen LogP contribution in [0.2, 0.25) is 0 Å². The monoisotopic (exact) mass is 592 g/mol. The minimum atomic E-state index is -0.945. The van der Waals surface area contributed by atoms with Crippen molar-refractivity contribution in [1.29, 1.82) is 0 Å². The summed E-state index contributed by atoms with van der Waals surface area (Å²) in [5.74, 6) is -1.45. The molecule has 41 heavy (non-hydrogen) atoms. The fraction of sp³-hybridized carbons (Fsp3) is 0.226. The van der Waals surface area contributed by atoms with Gasteiger partial charge in [0.2, 0.25) is 0 Å². The third kappa shape index (κ3) is 8.86. The molecular weight excluding hydrogens is 560 g/mol. The van der Waals surface area contributed by atoms with Crippen LogP contribution in [-0.4, -0.2) is 48.1 Å². The number of hydrogen-bond acceptors (Lipinski definition) is 7. The van der Waals surface area contributed by atoms with Gasteiger partial charge in [0.25, 0.3) is 11.8 Å². The van der Waals surface area contributed by atoms with Crippen molar-refractivity contribution in [3.05, 3.63) is 93.7 Å². The molecule has 10 heteroatoms. The van der Waals surface area contributed by atoms with Crippen LogP contribution in [0, 0.1) is 0 Å². The number of nitrogens with one attached hydrogen (secondary N) is 2. The van der Waals surface area contributed by atoms with Crippen molar-refractivity contribution in [2.24, 2.45) is 0 Å². The first-order valence-corrected chi connectivity index (χ1v) is 14.5. The van der Waals surface area contributed by atoms with E-state index < -0.39 is 5.97 Å². The molecule has 2 aromatic heterocycles. The summed E-state index contributed by atoms with van der Waals surface area (Å²) in [6.07, 6.45) is 0. The minimum Gasteiger partial charge on any atom is -0.478 e. The molecule has 0 saturated heterocycles. The van der Waals surface area contributed by atoms with Gasteiger partial charge in [-0.05, 0) is 87.4 Å². The molecule has 0 atom stereocenters. The van der Waals surface area contributed by atoms with E-state index in [-0.39, 0.29) is 35.4 Å². The Morgan fingerprint density at radius 1 is 0.634 bits per heavy atom. The van der Waals surface area contributed by atoms with Crippen LogP contribution in [0.1, 0.15) is 67.8 Å². The smallest absolute Gasteiger partial charge is 0.337 e. The molecule has 2 amide bonds. The van der Waals surface area contributed by atoms with E-state index in [1.54, 1.807) is 42.5 Å². The molecule has 8 nitrogen and oxygen atoms in total. The molecule has 0 aliphatic heterocycles. The Morgan fingerprint density at radius 2 is 1.02 bits per heavy atom. The molecule has 4 aromatic rings. The van der Waals surface area contributed by atoms with Crippen molar-refractivity contribution in [2.45, 2.75) is 39.8 Å². The molecule has 0 saturated carbocycles. The van der Waals surface area contributed by atoms with Crippen molar-refractivity contribution < 1.29 is 29.0 Å². The largest absolute Gasteiger partial charge is 0.478 e. The zero-order valence-corrected chi connectivity index (χ0v) is 25.0. The summed E-state index contributed by atoms with van der Waals surface area (Å²) in [6.45, 7) is 7.68. The molecule has 2 aromatic carbocycles. The number of carboxylic acid groups (broad SMARTS) is 1. The number of esters is 1. The van der Waals surface area contributed by atoms with Crippen LogP contribution < -0.4 is 10.6 Å². The summed E-state index contributed by atoms with van der Waals surface area (Å²) in [5.41, 5.74) is 2.64. The second-order valence-corrected chi connectivity index (χ2v) is 11.7. The standard InChI is InChI=1S/C16H17NO3S.C15H15NO3S/c1-10(2)17-15(18)14-9-8-13(21-14)11-4-6-12(7-5-11)16(19)20-3;1-9(2)16-14(17)13-8-7-12(20-13)10-3-5-11(6-4-10)15(18)19/h4-10H,1-3H3,(H,17,18);3-9H,1-2H3,(H,16,17)(H,18,19). The number of hydrogen-bond donors (Lipinski definition) is 3. The Kier molecular flexibility index (Phi) is 11.0. The molecule has 3 N–H and O–H groups in total. The SMILES string of the molecule is CC(C)NC(=O)c1ccc(-c2ccc(C(=O)O)cc2)s1.COC(=O)c1ccc(-c2ccc(C(=O)NC(C)C)s2)cc1. The number of aromatic carboxylic acids is 1. The summed E-state index contributed by atoms with van der Waals surface area (Å²) < 4.78 is 4.67. The second kappa shape index (κ2) is 14.4. The van der Waals surface area contributed by atoms with Gasteiger partial charge in [-0.2, -0.15) is 0 Å². The van der Waals surface area contributed by atoms with Crippen LogP contribution in [0.4, 0.5) is 0 Å². The van der Waals surface area contributed by atoms with E-state index in [0.29, 0.717) is 15.3 Å². The Labute approximate surface area is 247 Å². The third-order valence-electron chi connectivity index (χ3n) is 5.51. The molecule has 0 radical (unpaired) electrons. The molecule has 214 valence electrons. The lowest BCUT2D eigenvalue weighted by Gasteiger charge is -2.05. The number of carbonyl (C=O) groups is 4. The van der Waals surface area contributed by atoms with E-state index in [0.717, 1.165) is 20.9 Å². The molecule has 0 unspecified atom stereocenters. The maximum absolute atomic E-state index is 11.9. The zero-order chi connectivity index (χ0) is 30.1. The van der Waals surface area contributed by atoms with Gasteiger partial charge in [0.1, 0.15) is 0 Å². The number of thiophene rings is 2. The van der Waals surface area contributed by atoms with Gasteiger partial charge in [-0.25, -0.2) is 9.59 Å². The number of carbonyl (C=O) groups excluding carboxylic acids is 3. The average Bonchev–Trinajstić information content (AvgIpc) is 3.63. The molecule has 0 spiro atoms. The van der Waals surface area contributed by atoms with Crippen molar-refractivity contribution in [3.8, 4) is 20.9 Å². The van der Waals surface area contributed by atoms with Crippen LogP contribution in [-0.2, 0) is 4.74 Å². The summed E-state index contributed by atoms with van der Waals surface area (Å²) in [7, 11) is 1.36. The predicted octanol–water partition coefficient (Wildman–Crippen LogP) is 6.59. The fourth-order valence-corrected chi connectivity index (χ4v) is 5.39. The van der Waals surface area contributed by atoms with Gasteiger partial charge < -0.3 is 20.5 Å². The lowest BCUT2D eigenvalue weighted by Crippen LogP contribution is -2.29. The van der Waals surface area contributed by atoms with Crippen molar-refractivity contribution in [3.63, 3.8) is 0 Å². The third-order valence-corrected chi connectivity index (χ3v) is 7.77. The van der Waals surface area contributed by atoms with E-state index in [4.69, 9.17) is 5.11 Å². The second-order valence-electron chi connectivity index (χ2n) is 9.54. The summed E-state index contributed by atoms with van der Waals surface area (Å²) in [4.78, 5) is 49.2. The molecule has 2 heterocycles. The first-order valence-electron chi connectivity index (χ1n) is 12.8. The van der Waals surface area contributed by atoms with E-state index in [2.05, 4.69) is 15.4 Å². The lowest BCUT2D eigenvalue weighted by atomic mass is 10.1. The van der Waals surface area contributed by atoms with E-state index >= 15 is 0 Å². The quantitative estimate of drug-likeness (QED) is 0.198. The van der Waals surface area contributed by atoms with Crippen molar-refractivity contribution >= 4 is 46.4 Å². The number of ether oxygens (including phenoxy) is 1. The van der Waals surface area contributed by atoms with Gasteiger partial charge in [0.15, 0.2) is 0 Å². The van der Waals surface area contributed by atoms with Crippen molar-refractivity contribution in [1.82, 2.24) is 10.6 Å². The predicted molar refractivity (Wildman–Crippen MR) is 163 cm³/mol. The van der Waals surface area contributed by atoms with Gasteiger partial charge in [0.05, 0.1) is 28.0 Å². The Bertz CT molecular complexity index is 1500. The van der Waals surface area contributed by atoms with Gasteiger partial charge >= 0.3 is 11.9 Å². The van der Waals surface area contributed by atoms with Crippen LogP contribution in [0.5, 0.6) is 0 Å². The first kappa shape index (κ1) is 31.3. The molecular formula is C31H32N2O6S2. The van der Waals surface area contributed by atoms with E-state index in [1.807, 2.05) is 58.0 Å². The highest BCUT2D eigenvalue weighted by Gasteiger charge is 2.13. The van der Waals surface area contributed by atoms with Gasteiger partial charge in [-0.1, -0.05) is 24.3 Å². The summed E-state index contributed by atoms with van der Waals surface area (Å²) in [6, 6.07) is 21.3. The number of benzene rings is 2.